The number of hydrogen-bond acceptors (Lipinski definition) is 8. The maximum absolute atomic E-state index is 14.2. The Kier molecular flexibility index (Phi) is 13.0. The smallest absolute Gasteiger partial charge is 0.357 e. The van der Waals surface area contributed by atoms with Gasteiger partial charge in [-0.05, 0) is 113 Å². The van der Waals surface area contributed by atoms with Crippen LogP contribution in [0.1, 0.15) is 142 Å². The number of carbonyl (C=O) groups is 1. The van der Waals surface area contributed by atoms with Gasteiger partial charge in [-0.2, -0.15) is 21.6 Å². The average Bonchev–Trinajstić information content (AvgIpc) is 3.12. The van der Waals surface area contributed by atoms with E-state index >= 15 is 0 Å². The van der Waals surface area contributed by atoms with Crippen LogP contribution >= 0.6 is 0 Å². The fourth-order valence-corrected chi connectivity index (χ4v) is 14.8. The van der Waals surface area contributed by atoms with Crippen molar-refractivity contribution in [3.8, 4) is 0 Å². The molecular formula is C39H62N2O8S2. The van der Waals surface area contributed by atoms with Gasteiger partial charge in [0, 0.05) is 17.9 Å². The second-order valence-electron chi connectivity index (χ2n) is 17.2. The summed E-state index contributed by atoms with van der Waals surface area (Å²) < 4.78 is 69.1. The molecule has 12 heteroatoms. The number of aliphatic hydroxyl groups excluding tert-OH is 1. The summed E-state index contributed by atoms with van der Waals surface area (Å²) in [4.78, 5) is 16.1. The first kappa shape index (κ1) is 39.3. The molecule has 6 aliphatic rings. The highest BCUT2D eigenvalue weighted by Gasteiger charge is 2.50. The summed E-state index contributed by atoms with van der Waals surface area (Å²) in [6.45, 7) is 4.20. The molecule has 0 bridgehead atoms. The molecule has 6 rings (SSSR count). The van der Waals surface area contributed by atoms with Gasteiger partial charge in [0.1, 0.15) is 0 Å². The quantitative estimate of drug-likeness (QED) is 0.132. The van der Waals surface area contributed by atoms with Gasteiger partial charge < -0.3 is 10.6 Å². The molecule has 0 saturated heterocycles. The molecule has 12 unspecified atom stereocenters. The fourth-order valence-electron chi connectivity index (χ4n) is 11.2. The predicted molar refractivity (Wildman–Crippen MR) is 196 cm³/mol. The van der Waals surface area contributed by atoms with E-state index in [0.717, 1.165) is 89.9 Å². The van der Waals surface area contributed by atoms with Gasteiger partial charge >= 0.3 is 5.71 Å². The summed E-state index contributed by atoms with van der Waals surface area (Å²) in [7, 11) is -7.87. The van der Waals surface area contributed by atoms with Crippen molar-refractivity contribution < 1.29 is 39.9 Å². The van der Waals surface area contributed by atoms with Crippen molar-refractivity contribution in [3.05, 3.63) is 17.7 Å². The lowest BCUT2D eigenvalue weighted by atomic mass is 9.66. The molecule has 0 aromatic carbocycles. The van der Waals surface area contributed by atoms with Gasteiger partial charge in [-0.15, -0.1) is 0 Å². The van der Waals surface area contributed by atoms with E-state index in [1.165, 1.54) is 6.08 Å². The third-order valence-electron chi connectivity index (χ3n) is 14.1. The van der Waals surface area contributed by atoms with Crippen molar-refractivity contribution in [2.24, 2.45) is 47.3 Å². The Labute approximate surface area is 306 Å². The molecule has 288 valence electrons. The van der Waals surface area contributed by atoms with Crippen molar-refractivity contribution >= 4 is 31.7 Å². The largest absolute Gasteiger partial charge is 0.393 e. The highest BCUT2D eigenvalue weighted by atomic mass is 32.2. The van der Waals surface area contributed by atoms with Crippen LogP contribution in [0.2, 0.25) is 0 Å². The number of ketones is 1. The third kappa shape index (κ3) is 8.77. The van der Waals surface area contributed by atoms with Crippen LogP contribution in [0.4, 0.5) is 0 Å². The van der Waals surface area contributed by atoms with E-state index in [1.807, 2.05) is 0 Å². The number of Topliss-reactive ketones (excluding diaryl/α,β-unsaturated/α-hetero) is 1. The Morgan fingerprint density at radius 1 is 0.725 bits per heavy atom. The van der Waals surface area contributed by atoms with Crippen LogP contribution in [0.15, 0.2) is 12.2 Å². The number of aliphatic hydroxyl groups is 1. The van der Waals surface area contributed by atoms with E-state index in [9.17, 15) is 32.3 Å². The fraction of sp³-hybridized carbons (Fsp3) is 0.897. The molecule has 0 heterocycles. The average molecular weight is 751 g/mol. The third-order valence-corrected chi connectivity index (χ3v) is 17.6. The lowest BCUT2D eigenvalue weighted by Crippen LogP contribution is -2.48. The van der Waals surface area contributed by atoms with E-state index in [2.05, 4.69) is 18.6 Å². The molecule has 5 fully saturated rings. The molecule has 0 spiro atoms. The molecule has 6 aliphatic carbocycles. The van der Waals surface area contributed by atoms with Crippen LogP contribution in [0, 0.1) is 47.3 Å². The van der Waals surface area contributed by atoms with Gasteiger partial charge in [-0.1, -0.05) is 71.3 Å². The first-order valence-corrected chi connectivity index (χ1v) is 23.3. The molecule has 12 atom stereocenters. The standard InChI is InChI=1S/C39H62N2O8S2/c1-3-26-12-8-14-29(38(26)49-51(46,47)35-20-10-19-33-32(35)21-22-34(41-40)37(33)43)24-30-16-9-15-28(23-27-13-7-11-25(2)36(27)42)39(30)48-50(44,45)31-17-5-4-6-18-31/h21-22,25-33,35-36,38-39,42H,3-20,23-24H2,1-2H3. The van der Waals surface area contributed by atoms with Crippen LogP contribution < -0.4 is 0 Å². The van der Waals surface area contributed by atoms with Crippen LogP contribution in [0.5, 0.6) is 0 Å². The Morgan fingerprint density at radius 2 is 1.27 bits per heavy atom. The molecule has 0 aromatic heterocycles. The number of hydrogen-bond donors (Lipinski definition) is 1. The number of nitrogens with zero attached hydrogens (tertiary/aromatic N) is 2. The second kappa shape index (κ2) is 16.9. The predicted octanol–water partition coefficient (Wildman–Crippen LogP) is 7.16. The van der Waals surface area contributed by atoms with Crippen LogP contribution in [-0.2, 0) is 33.4 Å². The van der Waals surface area contributed by atoms with Gasteiger partial charge in [-0.25, -0.2) is 0 Å². The molecule has 0 radical (unpaired) electrons. The van der Waals surface area contributed by atoms with Crippen molar-refractivity contribution in [2.45, 2.75) is 171 Å². The lowest BCUT2D eigenvalue weighted by Gasteiger charge is -2.45. The zero-order valence-corrected chi connectivity index (χ0v) is 32.5. The number of rotatable bonds is 11. The summed E-state index contributed by atoms with van der Waals surface area (Å²) in [5.74, 6) is -1.08. The van der Waals surface area contributed by atoms with Crippen molar-refractivity contribution in [1.29, 1.82) is 0 Å². The minimum Gasteiger partial charge on any atom is -0.393 e. The summed E-state index contributed by atoms with van der Waals surface area (Å²) in [5.41, 5.74) is 9.27. The molecule has 10 nitrogen and oxygen atoms in total. The highest BCUT2D eigenvalue weighted by Crippen LogP contribution is 2.47. The van der Waals surface area contributed by atoms with E-state index in [1.54, 1.807) is 6.08 Å². The van der Waals surface area contributed by atoms with Crippen molar-refractivity contribution in [1.82, 2.24) is 0 Å². The first-order chi connectivity index (χ1) is 24.4. The molecule has 1 N–H and O–H groups in total. The molecular weight excluding hydrogens is 689 g/mol. The molecule has 0 aliphatic heterocycles. The van der Waals surface area contributed by atoms with Crippen molar-refractivity contribution in [2.75, 3.05) is 0 Å². The zero-order valence-electron chi connectivity index (χ0n) is 30.8. The second-order valence-corrected chi connectivity index (χ2v) is 20.8. The van der Waals surface area contributed by atoms with E-state index in [-0.39, 0.29) is 47.0 Å². The number of allylic oxidation sites excluding steroid dienone is 2. The van der Waals surface area contributed by atoms with Crippen LogP contribution in [-0.4, -0.2) is 67.0 Å². The first-order valence-electron chi connectivity index (χ1n) is 20.4. The lowest BCUT2D eigenvalue weighted by molar-refractivity contribution is -0.122. The minimum atomic E-state index is -4.08. The van der Waals surface area contributed by atoms with Gasteiger partial charge in [0.05, 0.1) is 28.8 Å². The summed E-state index contributed by atoms with van der Waals surface area (Å²) in [6.07, 6.45) is 17.9. The monoisotopic (exact) mass is 750 g/mol. The Balaban J connectivity index is 1.24. The van der Waals surface area contributed by atoms with Gasteiger partial charge in [-0.3, -0.25) is 13.2 Å². The highest BCUT2D eigenvalue weighted by molar-refractivity contribution is 7.87. The summed E-state index contributed by atoms with van der Waals surface area (Å²) in [6, 6.07) is 0. The van der Waals surface area contributed by atoms with E-state index < -0.39 is 60.9 Å². The Hall–Kier alpha value is -1.43. The molecule has 0 amide bonds. The molecule has 51 heavy (non-hydrogen) atoms. The number of fused-ring (bicyclic) bond motifs is 1. The minimum absolute atomic E-state index is 0.0166. The SMILES string of the molecule is CCC1CCCC(CC2CCCC(CC3CCCC(C)C3O)C2OS(=O)(=O)C2CCCCC2)C1OS(=O)(=O)C1CCCC2C(=O)C(=[N+]=[N-])C=CC21. The van der Waals surface area contributed by atoms with E-state index in [4.69, 9.17) is 8.37 Å². The van der Waals surface area contributed by atoms with E-state index in [0.29, 0.717) is 38.5 Å². The van der Waals surface area contributed by atoms with Crippen LogP contribution in [0.25, 0.3) is 5.53 Å². The normalized spacial score (nSPS) is 40.1. The number of carbonyl (C=O) groups excluding carboxylic acids is 1. The van der Waals surface area contributed by atoms with Gasteiger partial charge in [0.25, 0.3) is 20.2 Å². The zero-order chi connectivity index (χ0) is 36.3. The Morgan fingerprint density at radius 3 is 1.92 bits per heavy atom. The maximum atomic E-state index is 14.2. The summed E-state index contributed by atoms with van der Waals surface area (Å²) in [5, 5.41) is 9.84. The van der Waals surface area contributed by atoms with Crippen molar-refractivity contribution in [3.63, 3.8) is 0 Å². The summed E-state index contributed by atoms with van der Waals surface area (Å²) >= 11 is 0. The Bertz CT molecular complexity index is 1520. The van der Waals surface area contributed by atoms with Gasteiger partial charge in [0.15, 0.2) is 0 Å². The van der Waals surface area contributed by atoms with Gasteiger partial charge in [0.2, 0.25) is 5.78 Å². The maximum Gasteiger partial charge on any atom is 0.357 e. The topological polar surface area (TPSA) is 160 Å². The molecule has 0 aromatic rings. The van der Waals surface area contributed by atoms with Crippen LogP contribution in [0.3, 0.4) is 0 Å². The molecule has 5 saturated carbocycles.